The van der Waals surface area contributed by atoms with Crippen molar-refractivity contribution < 1.29 is 17.9 Å². The van der Waals surface area contributed by atoms with E-state index in [1.54, 1.807) is 62.6 Å². The Kier molecular flexibility index (Phi) is 4.47. The first-order valence-electron chi connectivity index (χ1n) is 9.01. The number of nitrogens with two attached hydrogens (primary N) is 1. The molecule has 0 bridgehead atoms. The van der Waals surface area contributed by atoms with Crippen LogP contribution in [0.4, 0.5) is 5.69 Å². The number of ether oxygens (including phenoxy) is 2. The molecule has 2 aromatic rings. The standard InChI is InChI=1S/C21H19N3O4S/c1-3-24-17-7-5-4-6-15(17)19-20(29(24,25)26)18(16(12-22)21(23)28-19)13-8-10-14(27-2)11-9-13/h4-11,18H,3,23H2,1-2H3/t18-/m0/s1. The fourth-order valence-corrected chi connectivity index (χ4v) is 5.71. The zero-order valence-electron chi connectivity index (χ0n) is 15.9. The van der Waals surface area contributed by atoms with Crippen molar-refractivity contribution in [2.45, 2.75) is 12.8 Å². The van der Waals surface area contributed by atoms with E-state index in [4.69, 9.17) is 15.2 Å². The number of methoxy groups -OCH3 is 1. The number of allylic oxidation sites excluding steroid dienone is 2. The molecule has 0 radical (unpaired) electrons. The Labute approximate surface area is 169 Å². The first kappa shape index (κ1) is 18.9. The summed E-state index contributed by atoms with van der Waals surface area (Å²) in [7, 11) is -2.41. The number of sulfonamides is 1. The van der Waals surface area contributed by atoms with Crippen LogP contribution in [0.2, 0.25) is 0 Å². The number of nitriles is 1. The van der Waals surface area contributed by atoms with Crippen LogP contribution in [0.3, 0.4) is 0 Å². The van der Waals surface area contributed by atoms with Gasteiger partial charge in [0.25, 0.3) is 10.0 Å². The average Bonchev–Trinajstić information content (AvgIpc) is 2.73. The van der Waals surface area contributed by atoms with Crippen LogP contribution < -0.4 is 14.8 Å². The van der Waals surface area contributed by atoms with Crippen molar-refractivity contribution >= 4 is 21.5 Å². The van der Waals surface area contributed by atoms with Gasteiger partial charge in [-0.15, -0.1) is 0 Å². The van der Waals surface area contributed by atoms with E-state index in [0.717, 1.165) is 0 Å². The maximum Gasteiger partial charge on any atom is 0.265 e. The van der Waals surface area contributed by atoms with Crippen molar-refractivity contribution in [2.75, 3.05) is 18.0 Å². The third kappa shape index (κ3) is 2.74. The zero-order chi connectivity index (χ0) is 20.8. The van der Waals surface area contributed by atoms with Crippen LogP contribution in [0.1, 0.15) is 24.0 Å². The Bertz CT molecular complexity index is 1190. The summed E-state index contributed by atoms with van der Waals surface area (Å²) in [6, 6.07) is 16.0. The van der Waals surface area contributed by atoms with Gasteiger partial charge in [-0.3, -0.25) is 4.31 Å². The summed E-state index contributed by atoms with van der Waals surface area (Å²) < 4.78 is 39.5. The third-order valence-corrected chi connectivity index (χ3v) is 7.11. The molecule has 0 unspecified atom stereocenters. The maximum atomic E-state index is 13.6. The Morgan fingerprint density at radius 2 is 1.90 bits per heavy atom. The van der Waals surface area contributed by atoms with Crippen LogP contribution in [-0.4, -0.2) is 22.1 Å². The molecule has 1 atom stereocenters. The van der Waals surface area contributed by atoms with Crippen LogP contribution in [0.5, 0.6) is 5.75 Å². The topological polar surface area (TPSA) is 106 Å². The molecule has 29 heavy (non-hydrogen) atoms. The number of benzene rings is 2. The van der Waals surface area contributed by atoms with Crippen LogP contribution in [0, 0.1) is 11.3 Å². The van der Waals surface area contributed by atoms with Gasteiger partial charge in [-0.2, -0.15) is 5.26 Å². The Morgan fingerprint density at radius 1 is 1.21 bits per heavy atom. The van der Waals surface area contributed by atoms with Crippen LogP contribution in [0.25, 0.3) is 5.76 Å². The van der Waals surface area contributed by atoms with Gasteiger partial charge in [0.15, 0.2) is 5.76 Å². The minimum absolute atomic E-state index is 0.0222. The molecule has 2 heterocycles. The molecule has 0 spiro atoms. The van der Waals surface area contributed by atoms with E-state index >= 15 is 0 Å². The molecule has 8 heteroatoms. The number of fused-ring (bicyclic) bond motifs is 2. The van der Waals surface area contributed by atoms with Crippen LogP contribution >= 0.6 is 0 Å². The van der Waals surface area contributed by atoms with Gasteiger partial charge >= 0.3 is 0 Å². The quantitative estimate of drug-likeness (QED) is 0.835. The first-order valence-corrected chi connectivity index (χ1v) is 10.5. The van der Waals surface area contributed by atoms with E-state index in [-0.39, 0.29) is 28.7 Å². The monoisotopic (exact) mass is 409 g/mol. The maximum absolute atomic E-state index is 13.6. The molecule has 7 nitrogen and oxygen atoms in total. The molecule has 148 valence electrons. The van der Waals surface area contributed by atoms with E-state index < -0.39 is 15.9 Å². The van der Waals surface area contributed by atoms with Crippen LogP contribution in [0.15, 0.2) is 64.9 Å². The van der Waals surface area contributed by atoms with Crippen molar-refractivity contribution in [1.29, 1.82) is 5.26 Å². The highest BCUT2D eigenvalue weighted by molar-refractivity contribution is 7.97. The molecule has 0 saturated heterocycles. The molecule has 2 aliphatic rings. The summed E-state index contributed by atoms with van der Waals surface area (Å²) >= 11 is 0. The van der Waals surface area contributed by atoms with Gasteiger partial charge in [0, 0.05) is 12.1 Å². The Balaban J connectivity index is 2.03. The summed E-state index contributed by atoms with van der Waals surface area (Å²) in [5.74, 6) is -0.177. The molecule has 2 aromatic carbocycles. The molecule has 0 aromatic heterocycles. The molecule has 4 rings (SSSR count). The summed E-state index contributed by atoms with van der Waals surface area (Å²) in [5, 5.41) is 9.75. The van der Waals surface area contributed by atoms with Crippen molar-refractivity contribution in [3.63, 3.8) is 0 Å². The lowest BCUT2D eigenvalue weighted by Gasteiger charge is -2.37. The van der Waals surface area contributed by atoms with Gasteiger partial charge in [-0.1, -0.05) is 24.3 Å². The lowest BCUT2D eigenvalue weighted by molar-refractivity contribution is 0.357. The molecule has 0 amide bonds. The van der Waals surface area contributed by atoms with E-state index in [0.29, 0.717) is 22.6 Å². The van der Waals surface area contributed by atoms with Gasteiger partial charge in [-0.25, -0.2) is 8.42 Å². The number of para-hydroxylation sites is 1. The van der Waals surface area contributed by atoms with E-state index in [1.165, 1.54) is 4.31 Å². The number of hydrogen-bond donors (Lipinski definition) is 1. The van der Waals surface area contributed by atoms with Gasteiger partial charge < -0.3 is 15.2 Å². The summed E-state index contributed by atoms with van der Waals surface area (Å²) in [5.41, 5.74) is 7.88. The van der Waals surface area contributed by atoms with E-state index in [9.17, 15) is 13.7 Å². The number of nitrogens with zero attached hydrogens (tertiary/aromatic N) is 2. The highest BCUT2D eigenvalue weighted by atomic mass is 32.2. The second-order valence-electron chi connectivity index (χ2n) is 6.58. The second-order valence-corrected chi connectivity index (χ2v) is 8.41. The lowest BCUT2D eigenvalue weighted by atomic mass is 9.88. The van der Waals surface area contributed by atoms with E-state index in [2.05, 4.69) is 0 Å². The van der Waals surface area contributed by atoms with Crippen LogP contribution in [-0.2, 0) is 14.8 Å². The molecule has 0 aliphatic carbocycles. The average molecular weight is 409 g/mol. The minimum Gasteiger partial charge on any atom is -0.497 e. The normalized spacial score (nSPS) is 19.8. The van der Waals surface area contributed by atoms with Crippen molar-refractivity contribution in [2.24, 2.45) is 5.73 Å². The smallest absolute Gasteiger partial charge is 0.265 e. The molecular weight excluding hydrogens is 390 g/mol. The summed E-state index contributed by atoms with van der Waals surface area (Å²) in [6.07, 6.45) is 0. The van der Waals surface area contributed by atoms with Gasteiger partial charge in [0.1, 0.15) is 22.3 Å². The molecule has 0 saturated carbocycles. The second kappa shape index (κ2) is 6.87. The highest BCUT2D eigenvalue weighted by Gasteiger charge is 2.46. The molecule has 2 N–H and O–H groups in total. The van der Waals surface area contributed by atoms with Crippen molar-refractivity contribution in [3.05, 3.63) is 76.0 Å². The lowest BCUT2D eigenvalue weighted by Crippen LogP contribution is -2.39. The SMILES string of the molecule is CCN1c2ccccc2C2=C([C@@H](c3ccc(OC)cc3)C(C#N)=C(N)O2)S1(=O)=O. The minimum atomic E-state index is -3.95. The summed E-state index contributed by atoms with van der Waals surface area (Å²) in [6.45, 7) is 2.01. The fraction of sp³-hybridized carbons (Fsp3) is 0.190. The number of hydrogen-bond acceptors (Lipinski definition) is 6. The predicted octanol–water partition coefficient (Wildman–Crippen LogP) is 3.04. The predicted molar refractivity (Wildman–Crippen MR) is 109 cm³/mol. The molecule has 0 fully saturated rings. The highest BCUT2D eigenvalue weighted by Crippen LogP contribution is 2.50. The fourth-order valence-electron chi connectivity index (χ4n) is 3.78. The van der Waals surface area contributed by atoms with Crippen molar-refractivity contribution in [1.82, 2.24) is 0 Å². The van der Waals surface area contributed by atoms with Crippen molar-refractivity contribution in [3.8, 4) is 11.8 Å². The summed E-state index contributed by atoms with van der Waals surface area (Å²) in [4.78, 5) is 0.0222. The van der Waals surface area contributed by atoms with Gasteiger partial charge in [0.2, 0.25) is 5.88 Å². The Hall–Kier alpha value is -3.44. The van der Waals surface area contributed by atoms with Gasteiger partial charge in [-0.05, 0) is 36.8 Å². The number of rotatable bonds is 3. The molecule has 2 aliphatic heterocycles. The third-order valence-electron chi connectivity index (χ3n) is 5.09. The van der Waals surface area contributed by atoms with E-state index in [1.807, 2.05) is 6.07 Å². The van der Waals surface area contributed by atoms with Gasteiger partial charge in [0.05, 0.1) is 18.7 Å². The first-order chi connectivity index (χ1) is 13.9. The Morgan fingerprint density at radius 3 is 2.52 bits per heavy atom. The number of anilines is 1. The molecular formula is C21H19N3O4S. The zero-order valence-corrected chi connectivity index (χ0v) is 16.7. The largest absolute Gasteiger partial charge is 0.497 e.